The summed E-state index contributed by atoms with van der Waals surface area (Å²) in [7, 11) is 0. The average molecular weight is 385 g/mol. The highest BCUT2D eigenvalue weighted by atomic mass is 32.2. The van der Waals surface area contributed by atoms with Crippen molar-refractivity contribution in [2.24, 2.45) is 0 Å². The van der Waals surface area contributed by atoms with E-state index in [9.17, 15) is 9.18 Å². The zero-order valence-corrected chi connectivity index (χ0v) is 16.0. The summed E-state index contributed by atoms with van der Waals surface area (Å²) < 4.78 is 15.2. The summed E-state index contributed by atoms with van der Waals surface area (Å²) in [4.78, 5) is 18.1. The zero-order chi connectivity index (χ0) is 19.2. The summed E-state index contributed by atoms with van der Waals surface area (Å²) >= 11 is 1.32. The first-order valence-electron chi connectivity index (χ1n) is 8.66. The molecule has 140 valence electrons. The predicted octanol–water partition coefficient (Wildman–Crippen LogP) is 3.43. The zero-order valence-electron chi connectivity index (χ0n) is 15.2. The second-order valence-electron chi connectivity index (χ2n) is 5.71. The van der Waals surface area contributed by atoms with Gasteiger partial charge in [-0.2, -0.15) is 0 Å². The number of carbonyl (C=O) groups excluding carboxylic acids is 1. The molecule has 0 radical (unpaired) electrons. The number of rotatable bonds is 7. The fourth-order valence-electron chi connectivity index (χ4n) is 2.67. The summed E-state index contributed by atoms with van der Waals surface area (Å²) in [5.41, 5.74) is 1.56. The lowest BCUT2D eigenvalue weighted by Crippen LogP contribution is -2.31. The molecule has 0 atom stereocenters. The standard InChI is InChI=1S/C19H20FN5OS/c1-3-24(4-2)17(26)13-27-19-23-22-18(14-9-11-21-12-10-14)25(19)16-7-5-15(20)6-8-16/h5-12H,3-4,13H2,1-2H3. The normalized spacial score (nSPS) is 10.8. The number of pyridine rings is 1. The van der Waals surface area contributed by atoms with E-state index in [0.29, 0.717) is 24.1 Å². The van der Waals surface area contributed by atoms with E-state index in [-0.39, 0.29) is 17.5 Å². The smallest absolute Gasteiger partial charge is 0.233 e. The van der Waals surface area contributed by atoms with Crippen molar-refractivity contribution in [3.05, 3.63) is 54.6 Å². The van der Waals surface area contributed by atoms with E-state index in [1.165, 1.54) is 23.9 Å². The van der Waals surface area contributed by atoms with Gasteiger partial charge in [-0.15, -0.1) is 10.2 Å². The fraction of sp³-hybridized carbons (Fsp3) is 0.263. The Labute approximate surface area is 161 Å². The molecule has 0 bridgehead atoms. The van der Waals surface area contributed by atoms with E-state index >= 15 is 0 Å². The van der Waals surface area contributed by atoms with Crippen LogP contribution in [0.25, 0.3) is 17.1 Å². The van der Waals surface area contributed by atoms with Crippen LogP contribution in [0.3, 0.4) is 0 Å². The van der Waals surface area contributed by atoms with Crippen molar-refractivity contribution in [1.82, 2.24) is 24.6 Å². The molecule has 0 aliphatic heterocycles. The molecule has 3 aromatic rings. The summed E-state index contributed by atoms with van der Waals surface area (Å²) in [6, 6.07) is 9.78. The Balaban J connectivity index is 1.95. The van der Waals surface area contributed by atoms with Gasteiger partial charge in [0.25, 0.3) is 0 Å². The van der Waals surface area contributed by atoms with Gasteiger partial charge in [0.15, 0.2) is 11.0 Å². The fourth-order valence-corrected chi connectivity index (χ4v) is 3.52. The van der Waals surface area contributed by atoms with E-state index in [0.717, 1.165) is 11.3 Å². The Morgan fingerprint density at radius 1 is 1.07 bits per heavy atom. The van der Waals surface area contributed by atoms with E-state index in [1.807, 2.05) is 30.5 Å². The molecule has 0 spiro atoms. The number of hydrogen-bond donors (Lipinski definition) is 0. The molecule has 0 aliphatic rings. The highest BCUT2D eigenvalue weighted by molar-refractivity contribution is 7.99. The maximum absolute atomic E-state index is 13.4. The van der Waals surface area contributed by atoms with Gasteiger partial charge in [0.05, 0.1) is 5.75 Å². The van der Waals surface area contributed by atoms with E-state index < -0.39 is 0 Å². The van der Waals surface area contributed by atoms with Gasteiger partial charge in [0, 0.05) is 36.7 Å². The van der Waals surface area contributed by atoms with Crippen molar-refractivity contribution >= 4 is 17.7 Å². The Kier molecular flexibility index (Phi) is 6.18. The van der Waals surface area contributed by atoms with Crippen LogP contribution in [0.2, 0.25) is 0 Å². The molecule has 2 aromatic heterocycles. The molecular formula is C19H20FN5OS. The molecule has 0 saturated carbocycles. The van der Waals surface area contributed by atoms with Crippen molar-refractivity contribution < 1.29 is 9.18 Å². The number of thioether (sulfide) groups is 1. The third-order valence-corrected chi connectivity index (χ3v) is 5.01. The van der Waals surface area contributed by atoms with Gasteiger partial charge in [-0.05, 0) is 50.2 Å². The van der Waals surface area contributed by atoms with Crippen LogP contribution in [-0.4, -0.2) is 49.4 Å². The molecular weight excluding hydrogens is 365 g/mol. The summed E-state index contributed by atoms with van der Waals surface area (Å²) in [5, 5.41) is 9.14. The van der Waals surface area contributed by atoms with Gasteiger partial charge in [0.2, 0.25) is 5.91 Å². The number of aromatic nitrogens is 4. The van der Waals surface area contributed by atoms with Gasteiger partial charge in [-0.3, -0.25) is 14.3 Å². The van der Waals surface area contributed by atoms with Gasteiger partial charge in [0.1, 0.15) is 5.82 Å². The number of nitrogens with zero attached hydrogens (tertiary/aromatic N) is 5. The van der Waals surface area contributed by atoms with Gasteiger partial charge < -0.3 is 4.90 Å². The van der Waals surface area contributed by atoms with Crippen molar-refractivity contribution in [2.45, 2.75) is 19.0 Å². The Morgan fingerprint density at radius 3 is 2.37 bits per heavy atom. The SMILES string of the molecule is CCN(CC)C(=O)CSc1nnc(-c2ccncc2)n1-c1ccc(F)cc1. The molecule has 1 amide bonds. The van der Waals surface area contributed by atoms with Gasteiger partial charge in [-0.25, -0.2) is 4.39 Å². The molecule has 6 nitrogen and oxygen atoms in total. The van der Waals surface area contributed by atoms with E-state index in [4.69, 9.17) is 0 Å². The third kappa shape index (κ3) is 4.33. The topological polar surface area (TPSA) is 63.9 Å². The van der Waals surface area contributed by atoms with Crippen LogP contribution < -0.4 is 0 Å². The van der Waals surface area contributed by atoms with Crippen LogP contribution in [0.4, 0.5) is 4.39 Å². The lowest BCUT2D eigenvalue weighted by atomic mass is 10.2. The van der Waals surface area contributed by atoms with Crippen LogP contribution in [0.1, 0.15) is 13.8 Å². The molecule has 0 aliphatic carbocycles. The monoisotopic (exact) mass is 385 g/mol. The number of carbonyl (C=O) groups is 1. The average Bonchev–Trinajstić information content (AvgIpc) is 3.12. The lowest BCUT2D eigenvalue weighted by Gasteiger charge is -2.18. The van der Waals surface area contributed by atoms with Gasteiger partial charge >= 0.3 is 0 Å². The van der Waals surface area contributed by atoms with Crippen LogP contribution in [-0.2, 0) is 4.79 Å². The molecule has 0 unspecified atom stereocenters. The molecule has 27 heavy (non-hydrogen) atoms. The number of halogens is 1. The van der Waals surface area contributed by atoms with Crippen LogP contribution in [0, 0.1) is 5.82 Å². The lowest BCUT2D eigenvalue weighted by molar-refractivity contribution is -0.127. The number of amides is 1. The minimum Gasteiger partial charge on any atom is -0.343 e. The predicted molar refractivity (Wildman–Crippen MR) is 103 cm³/mol. The van der Waals surface area contributed by atoms with E-state index in [1.54, 1.807) is 29.4 Å². The molecule has 8 heteroatoms. The summed E-state index contributed by atoms with van der Waals surface area (Å²) in [6.07, 6.45) is 3.35. The van der Waals surface area contributed by atoms with Crippen LogP contribution in [0.5, 0.6) is 0 Å². The highest BCUT2D eigenvalue weighted by Crippen LogP contribution is 2.28. The minimum absolute atomic E-state index is 0.0455. The largest absolute Gasteiger partial charge is 0.343 e. The van der Waals surface area contributed by atoms with Crippen molar-refractivity contribution in [1.29, 1.82) is 0 Å². The first kappa shape index (κ1) is 19.0. The Bertz CT molecular complexity index is 894. The van der Waals surface area contributed by atoms with Crippen molar-refractivity contribution in [3.63, 3.8) is 0 Å². The first-order valence-corrected chi connectivity index (χ1v) is 9.65. The van der Waals surface area contributed by atoms with Crippen molar-refractivity contribution in [2.75, 3.05) is 18.8 Å². The summed E-state index contributed by atoms with van der Waals surface area (Å²) in [5.74, 6) is 0.603. The molecule has 3 rings (SSSR count). The second-order valence-corrected chi connectivity index (χ2v) is 6.65. The molecule has 2 heterocycles. The van der Waals surface area contributed by atoms with Crippen molar-refractivity contribution in [3.8, 4) is 17.1 Å². The Morgan fingerprint density at radius 2 is 1.74 bits per heavy atom. The molecule has 0 saturated heterocycles. The van der Waals surface area contributed by atoms with Crippen LogP contribution in [0.15, 0.2) is 53.9 Å². The minimum atomic E-state index is -0.316. The molecule has 0 fully saturated rings. The Hall–Kier alpha value is -2.74. The highest BCUT2D eigenvalue weighted by Gasteiger charge is 2.18. The quantitative estimate of drug-likeness (QED) is 0.583. The maximum Gasteiger partial charge on any atom is 0.233 e. The number of hydrogen-bond acceptors (Lipinski definition) is 5. The first-order chi connectivity index (χ1) is 13.1. The third-order valence-electron chi connectivity index (χ3n) is 4.10. The molecule has 0 N–H and O–H groups in total. The maximum atomic E-state index is 13.4. The summed E-state index contributed by atoms with van der Waals surface area (Å²) in [6.45, 7) is 5.24. The second kappa shape index (κ2) is 8.77. The molecule has 1 aromatic carbocycles. The van der Waals surface area contributed by atoms with E-state index in [2.05, 4.69) is 15.2 Å². The van der Waals surface area contributed by atoms with Crippen LogP contribution >= 0.6 is 11.8 Å². The van der Waals surface area contributed by atoms with Gasteiger partial charge in [-0.1, -0.05) is 11.8 Å². The number of benzene rings is 1.